The van der Waals surface area contributed by atoms with Crippen molar-refractivity contribution in [1.29, 1.82) is 0 Å². The van der Waals surface area contributed by atoms with Crippen LogP contribution in [0.5, 0.6) is 0 Å². The second-order valence-corrected chi connectivity index (χ2v) is 7.56. The molecule has 0 spiro atoms. The molecule has 0 fully saturated rings. The maximum atomic E-state index is 12.6. The van der Waals surface area contributed by atoms with Crippen molar-refractivity contribution in [2.24, 2.45) is 0 Å². The second kappa shape index (κ2) is 11.6. The zero-order chi connectivity index (χ0) is 20.4. The normalized spacial score (nSPS) is 11.6. The quantitative estimate of drug-likeness (QED) is 0.487. The highest BCUT2D eigenvalue weighted by Gasteiger charge is 2.22. The zero-order valence-corrected chi connectivity index (χ0v) is 17.6. The molecule has 2 amide bonds. The summed E-state index contributed by atoms with van der Waals surface area (Å²) >= 11 is 1.37. The summed E-state index contributed by atoms with van der Waals surface area (Å²) in [6.45, 7) is 7.88. The van der Waals surface area contributed by atoms with Gasteiger partial charge in [0.2, 0.25) is 11.8 Å². The Kier molecular flexibility index (Phi) is 9.93. The van der Waals surface area contributed by atoms with E-state index in [9.17, 15) is 14.4 Å². The second-order valence-electron chi connectivity index (χ2n) is 6.45. The monoisotopic (exact) mass is 394 g/mol. The van der Waals surface area contributed by atoms with Gasteiger partial charge in [-0.05, 0) is 44.4 Å². The summed E-state index contributed by atoms with van der Waals surface area (Å²) in [6, 6.07) is 5.71. The molecule has 1 aromatic rings. The Bertz CT molecular complexity index is 663. The van der Waals surface area contributed by atoms with Gasteiger partial charge in [-0.3, -0.25) is 14.4 Å². The number of nitrogens with zero attached hydrogens (tertiary/aromatic N) is 1. The van der Waals surface area contributed by atoms with Gasteiger partial charge in [0, 0.05) is 17.5 Å². The Hall–Kier alpha value is -2.02. The average Bonchev–Trinajstić information content (AvgIpc) is 2.65. The Labute approximate surface area is 166 Å². The van der Waals surface area contributed by atoms with Gasteiger partial charge in [-0.2, -0.15) is 11.8 Å². The lowest BCUT2D eigenvalue weighted by Crippen LogP contribution is -2.44. The van der Waals surface area contributed by atoms with Gasteiger partial charge >= 0.3 is 5.97 Å². The molecule has 6 nitrogen and oxygen atoms in total. The molecule has 0 unspecified atom stereocenters. The lowest BCUT2D eigenvalue weighted by molar-refractivity contribution is -0.140. The topological polar surface area (TPSA) is 75.7 Å². The fourth-order valence-electron chi connectivity index (χ4n) is 2.44. The number of ether oxygens (including phenoxy) is 1. The number of esters is 1. The van der Waals surface area contributed by atoms with Gasteiger partial charge in [-0.25, -0.2) is 0 Å². The number of carbonyl (C=O) groups is 3. The number of thioether (sulfide) groups is 1. The van der Waals surface area contributed by atoms with Gasteiger partial charge in [-0.1, -0.05) is 19.1 Å². The van der Waals surface area contributed by atoms with Crippen LogP contribution >= 0.6 is 11.8 Å². The third kappa shape index (κ3) is 7.62. The van der Waals surface area contributed by atoms with E-state index in [-0.39, 0.29) is 42.5 Å². The molecule has 0 saturated heterocycles. The molecule has 0 aromatic heterocycles. The Balaban J connectivity index is 2.65. The first-order valence-electron chi connectivity index (χ1n) is 9.10. The van der Waals surface area contributed by atoms with E-state index in [0.29, 0.717) is 5.75 Å². The first-order chi connectivity index (χ1) is 12.8. The molecule has 7 heteroatoms. The SMILES string of the molecule is CC[C@@H](C)N(CC(=O)Nc1cccc(C)c1C)C(=O)CSCCC(=O)OC. The molecule has 0 aliphatic heterocycles. The van der Waals surface area contributed by atoms with E-state index < -0.39 is 0 Å². The summed E-state index contributed by atoms with van der Waals surface area (Å²) in [4.78, 5) is 37.8. The summed E-state index contributed by atoms with van der Waals surface area (Å²) in [5.41, 5.74) is 2.89. The molecule has 1 atom stereocenters. The highest BCUT2D eigenvalue weighted by molar-refractivity contribution is 7.99. The molecular weight excluding hydrogens is 364 g/mol. The first-order valence-corrected chi connectivity index (χ1v) is 10.3. The van der Waals surface area contributed by atoms with Gasteiger partial charge in [0.1, 0.15) is 6.54 Å². The number of anilines is 1. The van der Waals surface area contributed by atoms with Crippen molar-refractivity contribution in [3.63, 3.8) is 0 Å². The Morgan fingerprint density at radius 2 is 1.96 bits per heavy atom. The zero-order valence-electron chi connectivity index (χ0n) is 16.8. The minimum atomic E-state index is -0.290. The maximum Gasteiger partial charge on any atom is 0.306 e. The average molecular weight is 395 g/mol. The predicted octanol–water partition coefficient (Wildman–Crippen LogP) is 3.17. The smallest absolute Gasteiger partial charge is 0.306 e. The van der Waals surface area contributed by atoms with Gasteiger partial charge in [0.05, 0.1) is 19.3 Å². The molecule has 27 heavy (non-hydrogen) atoms. The minimum Gasteiger partial charge on any atom is -0.469 e. The van der Waals surface area contributed by atoms with E-state index in [1.54, 1.807) is 4.90 Å². The highest BCUT2D eigenvalue weighted by atomic mass is 32.2. The first kappa shape index (κ1) is 23.0. The molecule has 150 valence electrons. The third-order valence-electron chi connectivity index (χ3n) is 4.54. The molecule has 0 radical (unpaired) electrons. The lowest BCUT2D eigenvalue weighted by Gasteiger charge is -2.28. The molecule has 0 bridgehead atoms. The number of methoxy groups -OCH3 is 1. The van der Waals surface area contributed by atoms with Crippen LogP contribution in [0, 0.1) is 13.8 Å². The number of carbonyl (C=O) groups excluding carboxylic acids is 3. The van der Waals surface area contributed by atoms with Crippen LogP contribution < -0.4 is 5.32 Å². The van der Waals surface area contributed by atoms with Gasteiger partial charge in [0.15, 0.2) is 0 Å². The minimum absolute atomic E-state index is 0.0127. The molecule has 0 aliphatic rings. The van der Waals surface area contributed by atoms with E-state index in [4.69, 9.17) is 0 Å². The largest absolute Gasteiger partial charge is 0.469 e. The van der Waals surface area contributed by atoms with E-state index in [1.165, 1.54) is 18.9 Å². The van der Waals surface area contributed by atoms with E-state index >= 15 is 0 Å². The summed E-state index contributed by atoms with van der Waals surface area (Å²) < 4.78 is 4.59. The predicted molar refractivity (Wildman–Crippen MR) is 110 cm³/mol. The van der Waals surface area contributed by atoms with Gasteiger partial charge in [0.25, 0.3) is 0 Å². The number of hydrogen-bond donors (Lipinski definition) is 1. The molecule has 1 N–H and O–H groups in total. The summed E-state index contributed by atoms with van der Waals surface area (Å²) in [5, 5.41) is 2.90. The highest BCUT2D eigenvalue weighted by Crippen LogP contribution is 2.18. The summed E-state index contributed by atoms with van der Waals surface area (Å²) in [6.07, 6.45) is 1.03. The molecule has 0 saturated carbocycles. The fraction of sp³-hybridized carbons (Fsp3) is 0.550. The molecule has 0 heterocycles. The van der Waals surface area contributed by atoms with E-state index in [1.807, 2.05) is 45.9 Å². The van der Waals surface area contributed by atoms with Crippen LogP contribution in [0.15, 0.2) is 18.2 Å². The fourth-order valence-corrected chi connectivity index (χ4v) is 3.24. The summed E-state index contributed by atoms with van der Waals surface area (Å²) in [7, 11) is 1.34. The van der Waals surface area contributed by atoms with Gasteiger partial charge in [-0.15, -0.1) is 0 Å². The van der Waals surface area contributed by atoms with Crippen molar-refractivity contribution < 1.29 is 19.1 Å². The van der Waals surface area contributed by atoms with Crippen LogP contribution in [-0.4, -0.2) is 53.9 Å². The van der Waals surface area contributed by atoms with Crippen molar-refractivity contribution >= 4 is 35.2 Å². The van der Waals surface area contributed by atoms with Crippen molar-refractivity contribution in [3.05, 3.63) is 29.3 Å². The number of amides is 2. The van der Waals surface area contributed by atoms with Crippen LogP contribution in [0.3, 0.4) is 0 Å². The Morgan fingerprint density at radius 1 is 1.26 bits per heavy atom. The van der Waals surface area contributed by atoms with Crippen molar-refractivity contribution in [2.45, 2.75) is 46.6 Å². The third-order valence-corrected chi connectivity index (χ3v) is 5.48. The van der Waals surface area contributed by atoms with E-state index in [0.717, 1.165) is 23.2 Å². The number of nitrogens with one attached hydrogen (secondary N) is 1. The van der Waals surface area contributed by atoms with Crippen LogP contribution in [0.25, 0.3) is 0 Å². The van der Waals surface area contributed by atoms with Gasteiger partial charge < -0.3 is 15.0 Å². The van der Waals surface area contributed by atoms with Crippen LogP contribution in [0.4, 0.5) is 5.69 Å². The maximum absolute atomic E-state index is 12.6. The van der Waals surface area contributed by atoms with Crippen molar-refractivity contribution in [3.8, 4) is 0 Å². The lowest BCUT2D eigenvalue weighted by atomic mass is 10.1. The van der Waals surface area contributed by atoms with Crippen LogP contribution in [0.2, 0.25) is 0 Å². The van der Waals surface area contributed by atoms with Crippen molar-refractivity contribution in [1.82, 2.24) is 4.90 Å². The van der Waals surface area contributed by atoms with Crippen LogP contribution in [-0.2, 0) is 19.1 Å². The number of aryl methyl sites for hydroxylation is 1. The number of benzene rings is 1. The van der Waals surface area contributed by atoms with Crippen LogP contribution in [0.1, 0.15) is 37.8 Å². The molecule has 1 aromatic carbocycles. The molecular formula is C20H30N2O4S. The number of hydrogen-bond acceptors (Lipinski definition) is 5. The van der Waals surface area contributed by atoms with E-state index in [2.05, 4.69) is 10.1 Å². The number of rotatable bonds is 10. The molecule has 1 rings (SSSR count). The van der Waals surface area contributed by atoms with Crippen molar-refractivity contribution in [2.75, 3.05) is 30.5 Å². The Morgan fingerprint density at radius 3 is 2.59 bits per heavy atom. The molecule has 0 aliphatic carbocycles. The standard InChI is InChI=1S/C20H30N2O4S/c1-6-15(3)22(19(24)13-27-11-10-20(25)26-5)12-18(23)21-17-9-7-8-14(2)16(17)4/h7-9,15H,6,10-13H2,1-5H3,(H,21,23)/t15-/m1/s1. The summed E-state index contributed by atoms with van der Waals surface area (Å²) in [5.74, 6) is 0.147.